The van der Waals surface area contributed by atoms with Crippen LogP contribution in [0.25, 0.3) is 0 Å². The number of amides is 1. The molecule has 2 saturated heterocycles. The molecule has 0 unspecified atom stereocenters. The summed E-state index contributed by atoms with van der Waals surface area (Å²) in [5.74, 6) is 2.00. The minimum atomic E-state index is 0.190. The van der Waals surface area contributed by atoms with Gasteiger partial charge in [0.05, 0.1) is 5.75 Å². The summed E-state index contributed by atoms with van der Waals surface area (Å²) in [6.07, 6.45) is 6.98. The van der Waals surface area contributed by atoms with Gasteiger partial charge in [-0.15, -0.1) is 0 Å². The van der Waals surface area contributed by atoms with Gasteiger partial charge in [0.15, 0.2) is 0 Å². The predicted molar refractivity (Wildman–Crippen MR) is 106 cm³/mol. The maximum absolute atomic E-state index is 12.4. The second kappa shape index (κ2) is 9.20. The Kier molecular flexibility index (Phi) is 6.95. The highest BCUT2D eigenvalue weighted by atomic mass is 32.2. The normalized spacial score (nSPS) is 23.3. The monoisotopic (exact) mass is 377 g/mol. The molecular formula is C20H31N3O2S. The van der Waals surface area contributed by atoms with Crippen LogP contribution in [0.15, 0.2) is 24.5 Å². The largest absolute Gasteiger partial charge is 0.396 e. The van der Waals surface area contributed by atoms with Crippen molar-refractivity contribution in [3.8, 4) is 0 Å². The molecule has 0 bridgehead atoms. The minimum Gasteiger partial charge on any atom is -0.396 e. The van der Waals surface area contributed by atoms with E-state index in [9.17, 15) is 9.90 Å². The smallest absolute Gasteiger partial charge is 0.232 e. The molecule has 3 rings (SSSR count). The van der Waals surface area contributed by atoms with Crippen molar-refractivity contribution in [2.24, 2.45) is 11.3 Å². The highest BCUT2D eigenvalue weighted by molar-refractivity contribution is 7.99. The van der Waals surface area contributed by atoms with Crippen molar-refractivity contribution in [3.05, 3.63) is 30.1 Å². The van der Waals surface area contributed by atoms with E-state index < -0.39 is 0 Å². The zero-order valence-electron chi connectivity index (χ0n) is 15.8. The van der Waals surface area contributed by atoms with Gasteiger partial charge in [-0.2, -0.15) is 11.8 Å². The van der Waals surface area contributed by atoms with Crippen molar-refractivity contribution in [1.29, 1.82) is 0 Å². The molecule has 2 aliphatic heterocycles. The number of aliphatic hydroxyl groups is 1. The summed E-state index contributed by atoms with van der Waals surface area (Å²) in [4.78, 5) is 20.9. The lowest BCUT2D eigenvalue weighted by molar-refractivity contribution is -0.135. The molecule has 0 radical (unpaired) electrons. The Morgan fingerprint density at radius 2 is 1.96 bits per heavy atom. The van der Waals surface area contributed by atoms with E-state index in [2.05, 4.69) is 28.9 Å². The summed E-state index contributed by atoms with van der Waals surface area (Å²) in [5.41, 5.74) is 1.52. The summed E-state index contributed by atoms with van der Waals surface area (Å²) in [6, 6.07) is 4.17. The van der Waals surface area contributed by atoms with Crippen molar-refractivity contribution < 1.29 is 9.90 Å². The van der Waals surface area contributed by atoms with Gasteiger partial charge in [0.1, 0.15) is 0 Å². The molecule has 1 N–H and O–H groups in total. The van der Waals surface area contributed by atoms with Crippen LogP contribution in [0.1, 0.15) is 31.7 Å². The van der Waals surface area contributed by atoms with Gasteiger partial charge in [-0.1, -0.05) is 6.92 Å². The Morgan fingerprint density at radius 3 is 2.62 bits per heavy atom. The van der Waals surface area contributed by atoms with Gasteiger partial charge in [0.2, 0.25) is 5.91 Å². The van der Waals surface area contributed by atoms with Crippen LogP contribution < -0.4 is 0 Å². The van der Waals surface area contributed by atoms with Crippen LogP contribution in [0.3, 0.4) is 0 Å². The van der Waals surface area contributed by atoms with Crippen LogP contribution in [0.2, 0.25) is 0 Å². The number of hydrogen-bond donors (Lipinski definition) is 1. The average molecular weight is 378 g/mol. The first-order valence-corrected chi connectivity index (χ1v) is 10.9. The molecule has 6 heteroatoms. The summed E-state index contributed by atoms with van der Waals surface area (Å²) >= 11 is 1.68. The van der Waals surface area contributed by atoms with Gasteiger partial charge in [0, 0.05) is 44.6 Å². The van der Waals surface area contributed by atoms with Crippen LogP contribution in [-0.2, 0) is 11.3 Å². The fourth-order valence-electron chi connectivity index (χ4n) is 4.43. The number of likely N-dealkylation sites (tertiary alicyclic amines) is 2. The number of rotatable bonds is 6. The highest BCUT2D eigenvalue weighted by Gasteiger charge is 2.45. The lowest BCUT2D eigenvalue weighted by Crippen LogP contribution is -2.54. The topological polar surface area (TPSA) is 56.7 Å². The standard InChI is InChI=1S/C20H31N3O2S/c1-2-26-16-19(25)23-12-7-20(18(14-23)15-24)5-10-22(11-6-20)13-17-3-8-21-9-4-17/h3-4,8-9,18,24H,2,5-7,10-16H2,1H3/t18-/m1/s1. The molecule has 0 saturated carbocycles. The number of pyridine rings is 1. The maximum atomic E-state index is 12.4. The molecule has 1 atom stereocenters. The number of thioether (sulfide) groups is 1. The Bertz CT molecular complexity index is 576. The van der Waals surface area contributed by atoms with E-state index in [1.807, 2.05) is 17.3 Å². The van der Waals surface area contributed by atoms with E-state index >= 15 is 0 Å². The molecule has 1 amide bonds. The molecule has 2 fully saturated rings. The highest BCUT2D eigenvalue weighted by Crippen LogP contribution is 2.45. The summed E-state index contributed by atoms with van der Waals surface area (Å²) in [5, 5.41) is 10.0. The minimum absolute atomic E-state index is 0.190. The zero-order valence-corrected chi connectivity index (χ0v) is 16.6. The van der Waals surface area contributed by atoms with Crippen LogP contribution in [0.4, 0.5) is 0 Å². The molecule has 2 aliphatic rings. The molecule has 0 aliphatic carbocycles. The van der Waals surface area contributed by atoms with Crippen LogP contribution in [0, 0.1) is 11.3 Å². The summed E-state index contributed by atoms with van der Waals surface area (Å²) in [7, 11) is 0. The molecule has 144 valence electrons. The summed E-state index contributed by atoms with van der Waals surface area (Å²) in [6.45, 7) is 6.96. The lowest BCUT2D eigenvalue weighted by Gasteiger charge is -2.51. The van der Waals surface area contributed by atoms with E-state index in [0.717, 1.165) is 57.7 Å². The van der Waals surface area contributed by atoms with Crippen molar-refractivity contribution in [1.82, 2.24) is 14.8 Å². The molecule has 26 heavy (non-hydrogen) atoms. The van der Waals surface area contributed by atoms with E-state index in [1.54, 1.807) is 11.8 Å². The number of hydrogen-bond acceptors (Lipinski definition) is 5. The fraction of sp³-hybridized carbons (Fsp3) is 0.700. The number of carbonyl (C=O) groups excluding carboxylic acids is 1. The number of aliphatic hydroxyl groups excluding tert-OH is 1. The molecule has 1 spiro atoms. The van der Waals surface area contributed by atoms with E-state index in [1.165, 1.54) is 5.56 Å². The number of piperidine rings is 2. The Balaban J connectivity index is 1.55. The van der Waals surface area contributed by atoms with Crippen LogP contribution in [-0.4, -0.2) is 70.1 Å². The molecule has 3 heterocycles. The molecule has 1 aromatic heterocycles. The first kappa shape index (κ1) is 19.6. The third-order valence-corrected chi connectivity index (χ3v) is 7.06. The first-order valence-electron chi connectivity index (χ1n) is 9.74. The Morgan fingerprint density at radius 1 is 1.27 bits per heavy atom. The molecule has 0 aromatic carbocycles. The lowest BCUT2D eigenvalue weighted by atomic mass is 9.64. The van der Waals surface area contributed by atoms with Gasteiger partial charge < -0.3 is 10.0 Å². The Hall–Kier alpha value is -1.11. The van der Waals surface area contributed by atoms with Gasteiger partial charge in [0.25, 0.3) is 0 Å². The van der Waals surface area contributed by atoms with E-state index in [4.69, 9.17) is 0 Å². The first-order chi connectivity index (χ1) is 12.7. The average Bonchev–Trinajstić information content (AvgIpc) is 2.69. The Labute approximate surface area is 161 Å². The van der Waals surface area contributed by atoms with Crippen molar-refractivity contribution in [3.63, 3.8) is 0 Å². The molecular weight excluding hydrogens is 346 g/mol. The number of carbonyl (C=O) groups is 1. The van der Waals surface area contributed by atoms with Gasteiger partial charge in [-0.25, -0.2) is 0 Å². The second-order valence-electron chi connectivity index (χ2n) is 7.60. The third-order valence-electron chi connectivity index (χ3n) is 6.20. The maximum Gasteiger partial charge on any atom is 0.232 e. The van der Waals surface area contributed by atoms with E-state index in [-0.39, 0.29) is 23.8 Å². The van der Waals surface area contributed by atoms with E-state index in [0.29, 0.717) is 5.75 Å². The number of aromatic nitrogens is 1. The fourth-order valence-corrected chi connectivity index (χ4v) is 4.99. The summed E-state index contributed by atoms with van der Waals surface area (Å²) < 4.78 is 0. The molecule has 1 aromatic rings. The quantitative estimate of drug-likeness (QED) is 0.824. The van der Waals surface area contributed by atoms with Crippen molar-refractivity contribution >= 4 is 17.7 Å². The predicted octanol–water partition coefficient (Wildman–Crippen LogP) is 2.26. The zero-order chi connectivity index (χ0) is 18.4. The van der Waals surface area contributed by atoms with Gasteiger partial charge in [-0.05, 0) is 61.2 Å². The second-order valence-corrected chi connectivity index (χ2v) is 8.87. The number of nitrogens with zero attached hydrogens (tertiary/aromatic N) is 3. The van der Waals surface area contributed by atoms with Crippen molar-refractivity contribution in [2.45, 2.75) is 32.7 Å². The van der Waals surface area contributed by atoms with Crippen LogP contribution >= 0.6 is 11.8 Å². The van der Waals surface area contributed by atoms with Crippen molar-refractivity contribution in [2.75, 3.05) is 44.3 Å². The molecule has 5 nitrogen and oxygen atoms in total. The van der Waals surface area contributed by atoms with Gasteiger partial charge >= 0.3 is 0 Å². The SMILES string of the molecule is CCSCC(=O)N1CCC2(CCN(Cc3ccncc3)CC2)[C@@H](CO)C1. The van der Waals surface area contributed by atoms with Crippen LogP contribution in [0.5, 0.6) is 0 Å². The third kappa shape index (κ3) is 4.59. The van der Waals surface area contributed by atoms with Gasteiger partial charge in [-0.3, -0.25) is 14.7 Å².